The Hall–Kier alpha value is -3.57. The first kappa shape index (κ1) is 23.7. The molecule has 0 saturated heterocycles. The molecule has 166 valence electrons. The molecule has 0 atom stereocenters. The molecule has 0 spiro atoms. The first-order valence-electron chi connectivity index (χ1n) is 8.34. The van der Waals surface area contributed by atoms with Gasteiger partial charge in [0.25, 0.3) is 5.69 Å². The first-order chi connectivity index (χ1) is 14.3. The molecule has 0 aliphatic heterocycles. The SMILES string of the molecule is O=C(/C=C/c1cccc([N+](=O)[O-])c1)c1cc(OCC(F)(F)F)ccc1OCC(F)(F)F. The van der Waals surface area contributed by atoms with Crippen LogP contribution in [0.25, 0.3) is 6.08 Å². The molecule has 0 bridgehead atoms. The van der Waals surface area contributed by atoms with Crippen molar-refractivity contribution in [3.8, 4) is 11.5 Å². The molecule has 12 heteroatoms. The fourth-order valence-corrected chi connectivity index (χ4v) is 2.25. The van der Waals surface area contributed by atoms with Gasteiger partial charge in [-0.2, -0.15) is 26.3 Å². The van der Waals surface area contributed by atoms with E-state index in [1.165, 1.54) is 18.2 Å². The van der Waals surface area contributed by atoms with Crippen molar-refractivity contribution in [1.82, 2.24) is 0 Å². The molecule has 0 amide bonds. The van der Waals surface area contributed by atoms with E-state index in [9.17, 15) is 41.3 Å². The first-order valence-corrected chi connectivity index (χ1v) is 8.34. The van der Waals surface area contributed by atoms with Crippen molar-refractivity contribution in [2.75, 3.05) is 13.2 Å². The Morgan fingerprint density at radius 3 is 2.23 bits per heavy atom. The molecule has 0 aliphatic rings. The van der Waals surface area contributed by atoms with Gasteiger partial charge in [0, 0.05) is 12.1 Å². The molecule has 0 heterocycles. The van der Waals surface area contributed by atoms with E-state index >= 15 is 0 Å². The van der Waals surface area contributed by atoms with Gasteiger partial charge in [0.2, 0.25) is 0 Å². The zero-order valence-corrected chi connectivity index (χ0v) is 15.4. The van der Waals surface area contributed by atoms with Crippen molar-refractivity contribution in [2.45, 2.75) is 12.4 Å². The van der Waals surface area contributed by atoms with Crippen molar-refractivity contribution in [3.05, 3.63) is 69.8 Å². The third-order valence-electron chi connectivity index (χ3n) is 3.52. The highest BCUT2D eigenvalue weighted by Gasteiger charge is 2.30. The van der Waals surface area contributed by atoms with Crippen molar-refractivity contribution in [3.63, 3.8) is 0 Å². The predicted molar refractivity (Wildman–Crippen MR) is 96.0 cm³/mol. The summed E-state index contributed by atoms with van der Waals surface area (Å²) in [5.74, 6) is -1.85. The standard InChI is InChI=1S/C19H13F6NO5/c20-18(21,22)10-30-14-5-7-17(31-11-19(23,24)25)15(9-14)16(27)6-4-12-2-1-3-13(8-12)26(28)29/h1-9H,10-11H2/b6-4+. The maximum atomic E-state index is 12.5. The van der Waals surface area contributed by atoms with Gasteiger partial charge < -0.3 is 9.47 Å². The number of alkyl halides is 6. The van der Waals surface area contributed by atoms with E-state index in [0.29, 0.717) is 0 Å². The van der Waals surface area contributed by atoms with Crippen LogP contribution in [0.2, 0.25) is 0 Å². The highest BCUT2D eigenvalue weighted by Crippen LogP contribution is 2.28. The maximum absolute atomic E-state index is 12.5. The number of ether oxygens (including phenoxy) is 2. The lowest BCUT2D eigenvalue weighted by Gasteiger charge is -2.14. The molecule has 0 unspecified atom stereocenters. The average Bonchev–Trinajstić information content (AvgIpc) is 2.68. The van der Waals surface area contributed by atoms with Crippen LogP contribution in [0.1, 0.15) is 15.9 Å². The Balaban J connectivity index is 2.31. The van der Waals surface area contributed by atoms with Crippen molar-refractivity contribution < 1.29 is 45.5 Å². The van der Waals surface area contributed by atoms with Gasteiger partial charge in [-0.15, -0.1) is 0 Å². The number of hydrogen-bond donors (Lipinski definition) is 0. The second-order valence-electron chi connectivity index (χ2n) is 6.02. The monoisotopic (exact) mass is 449 g/mol. The van der Waals surface area contributed by atoms with Crippen LogP contribution in [-0.4, -0.2) is 36.3 Å². The lowest BCUT2D eigenvalue weighted by atomic mass is 10.1. The third kappa shape index (κ3) is 7.99. The average molecular weight is 449 g/mol. The second kappa shape index (κ2) is 9.49. The zero-order valence-electron chi connectivity index (χ0n) is 15.4. The fraction of sp³-hybridized carbons (Fsp3) is 0.211. The zero-order chi connectivity index (χ0) is 23.2. The van der Waals surface area contributed by atoms with Gasteiger partial charge >= 0.3 is 12.4 Å². The summed E-state index contributed by atoms with van der Waals surface area (Å²) in [6, 6.07) is 7.77. The second-order valence-corrected chi connectivity index (χ2v) is 6.02. The number of hydrogen-bond acceptors (Lipinski definition) is 5. The van der Waals surface area contributed by atoms with Crippen LogP contribution >= 0.6 is 0 Å². The van der Waals surface area contributed by atoms with Gasteiger partial charge in [-0.25, -0.2) is 0 Å². The highest BCUT2D eigenvalue weighted by molar-refractivity contribution is 6.08. The number of nitro groups is 1. The van der Waals surface area contributed by atoms with Crippen molar-refractivity contribution in [2.24, 2.45) is 0 Å². The van der Waals surface area contributed by atoms with E-state index in [1.807, 2.05) is 0 Å². The van der Waals surface area contributed by atoms with Crippen LogP contribution < -0.4 is 9.47 Å². The van der Waals surface area contributed by atoms with Gasteiger partial charge in [0.05, 0.1) is 10.5 Å². The molecule has 31 heavy (non-hydrogen) atoms. The molecule has 6 nitrogen and oxygen atoms in total. The Kier molecular flexibility index (Phi) is 7.26. The summed E-state index contributed by atoms with van der Waals surface area (Å²) in [6.45, 7) is -3.41. The van der Waals surface area contributed by atoms with Gasteiger partial charge in [-0.05, 0) is 29.8 Å². The molecule has 2 aromatic rings. The van der Waals surface area contributed by atoms with E-state index in [1.54, 1.807) is 0 Å². The molecule has 0 radical (unpaired) electrons. The number of nitrogens with zero attached hydrogens (tertiary/aromatic N) is 1. The number of non-ortho nitro benzene ring substituents is 1. The van der Waals surface area contributed by atoms with Crippen LogP contribution in [0.5, 0.6) is 11.5 Å². The van der Waals surface area contributed by atoms with Crippen LogP contribution in [0.3, 0.4) is 0 Å². The molecule has 0 aromatic heterocycles. The molecule has 0 N–H and O–H groups in total. The molecule has 2 rings (SSSR count). The lowest BCUT2D eigenvalue weighted by Crippen LogP contribution is -2.21. The summed E-state index contributed by atoms with van der Waals surface area (Å²) in [4.78, 5) is 22.6. The summed E-state index contributed by atoms with van der Waals surface area (Å²) >= 11 is 0. The number of benzene rings is 2. The van der Waals surface area contributed by atoms with Crippen LogP contribution in [0.15, 0.2) is 48.5 Å². The Bertz CT molecular complexity index is 984. The molecule has 2 aromatic carbocycles. The van der Waals surface area contributed by atoms with E-state index in [2.05, 4.69) is 9.47 Å². The van der Waals surface area contributed by atoms with E-state index in [4.69, 9.17) is 0 Å². The van der Waals surface area contributed by atoms with Crippen LogP contribution in [0.4, 0.5) is 32.0 Å². The summed E-state index contributed by atoms with van der Waals surface area (Å²) in [7, 11) is 0. The minimum Gasteiger partial charge on any atom is -0.484 e. The van der Waals surface area contributed by atoms with Crippen molar-refractivity contribution in [1.29, 1.82) is 0 Å². The quantitative estimate of drug-likeness (QED) is 0.178. The number of halogens is 6. The number of carbonyl (C=O) groups is 1. The molecular formula is C19H13F6NO5. The molecule has 0 fully saturated rings. The van der Waals surface area contributed by atoms with Crippen LogP contribution in [-0.2, 0) is 0 Å². The number of allylic oxidation sites excluding steroid dienone is 1. The van der Waals surface area contributed by atoms with Gasteiger partial charge in [-0.3, -0.25) is 14.9 Å². The van der Waals surface area contributed by atoms with Gasteiger partial charge in [0.15, 0.2) is 19.0 Å². The fourth-order valence-electron chi connectivity index (χ4n) is 2.25. The van der Waals surface area contributed by atoms with E-state index in [-0.39, 0.29) is 11.3 Å². The number of ketones is 1. The van der Waals surface area contributed by atoms with Crippen LogP contribution in [0, 0.1) is 10.1 Å². The third-order valence-corrected chi connectivity index (χ3v) is 3.52. The minimum absolute atomic E-state index is 0.241. The Morgan fingerprint density at radius 2 is 1.61 bits per heavy atom. The summed E-state index contributed by atoms with van der Waals surface area (Å²) in [5.41, 5.74) is -0.498. The van der Waals surface area contributed by atoms with Gasteiger partial charge in [-0.1, -0.05) is 18.2 Å². The summed E-state index contributed by atoms with van der Waals surface area (Å²) in [6.07, 6.45) is -7.34. The minimum atomic E-state index is -4.72. The molecule has 0 saturated carbocycles. The maximum Gasteiger partial charge on any atom is 0.422 e. The summed E-state index contributed by atoms with van der Waals surface area (Å²) in [5, 5.41) is 10.8. The highest BCUT2D eigenvalue weighted by atomic mass is 19.4. The topological polar surface area (TPSA) is 78.7 Å². The number of carbonyl (C=O) groups excluding carboxylic acids is 1. The number of nitro benzene ring substituents is 1. The van der Waals surface area contributed by atoms with E-state index in [0.717, 1.165) is 36.4 Å². The molecular weight excluding hydrogens is 436 g/mol. The predicted octanol–water partition coefficient (Wildman–Crippen LogP) is 5.37. The smallest absolute Gasteiger partial charge is 0.422 e. The molecule has 0 aliphatic carbocycles. The normalized spacial score (nSPS) is 12.1. The number of rotatable bonds is 8. The largest absolute Gasteiger partial charge is 0.484 e. The van der Waals surface area contributed by atoms with Crippen molar-refractivity contribution >= 4 is 17.5 Å². The lowest BCUT2D eigenvalue weighted by molar-refractivity contribution is -0.384. The summed E-state index contributed by atoms with van der Waals surface area (Å²) < 4.78 is 83.4. The Labute approximate surface area is 170 Å². The van der Waals surface area contributed by atoms with Gasteiger partial charge in [0.1, 0.15) is 11.5 Å². The Morgan fingerprint density at radius 1 is 0.968 bits per heavy atom. The van der Waals surface area contributed by atoms with E-state index < -0.39 is 53.3 Å².